The van der Waals surface area contributed by atoms with Gasteiger partial charge in [0.25, 0.3) is 0 Å². The van der Waals surface area contributed by atoms with Gasteiger partial charge in [0.2, 0.25) is 5.91 Å². The summed E-state index contributed by atoms with van der Waals surface area (Å²) in [5, 5.41) is 1.16. The molecule has 1 aromatic carbocycles. The molecule has 0 N–H and O–H groups in total. The number of fused-ring (bicyclic) bond motifs is 1. The minimum Gasteiger partial charge on any atom is -0.338 e. The predicted octanol–water partition coefficient (Wildman–Crippen LogP) is 4.13. The van der Waals surface area contributed by atoms with Crippen LogP contribution in [0.4, 0.5) is 0 Å². The van der Waals surface area contributed by atoms with Gasteiger partial charge in [-0.2, -0.15) is 0 Å². The smallest absolute Gasteiger partial charge is 0.246 e. The molecule has 1 amide bonds. The Bertz CT molecular complexity index is 684. The van der Waals surface area contributed by atoms with Gasteiger partial charge < -0.3 is 4.90 Å². The van der Waals surface area contributed by atoms with Crippen molar-refractivity contribution in [2.24, 2.45) is 0 Å². The predicted molar refractivity (Wildman–Crippen MR) is 92.1 cm³/mol. The number of hydrogen-bond donors (Lipinski definition) is 0. The molecule has 1 fully saturated rings. The van der Waals surface area contributed by atoms with Gasteiger partial charge in [-0.05, 0) is 31.9 Å². The SMILES string of the molecule is C/C=C/C=C\C(=O)N1CCC[C@@H](c2nc3ccccc3s2)C1. The van der Waals surface area contributed by atoms with Crippen molar-refractivity contribution < 1.29 is 4.79 Å². The Balaban J connectivity index is 1.73. The molecule has 0 aliphatic carbocycles. The first-order valence-corrected chi connectivity index (χ1v) is 8.53. The van der Waals surface area contributed by atoms with Gasteiger partial charge in [-0.3, -0.25) is 4.79 Å². The van der Waals surface area contributed by atoms with Gasteiger partial charge in [0.05, 0.1) is 15.2 Å². The number of piperidine rings is 1. The summed E-state index contributed by atoms with van der Waals surface area (Å²) in [5.41, 5.74) is 1.07. The van der Waals surface area contributed by atoms with Crippen LogP contribution >= 0.6 is 11.3 Å². The minimum absolute atomic E-state index is 0.101. The third kappa shape index (κ3) is 3.28. The van der Waals surface area contributed by atoms with Gasteiger partial charge in [-0.1, -0.05) is 30.4 Å². The van der Waals surface area contributed by atoms with Gasteiger partial charge >= 0.3 is 0 Å². The molecule has 0 saturated carbocycles. The first-order valence-electron chi connectivity index (χ1n) is 7.71. The number of nitrogens with zero attached hydrogens (tertiary/aromatic N) is 2. The van der Waals surface area contributed by atoms with Crippen molar-refractivity contribution in [1.82, 2.24) is 9.88 Å². The molecule has 1 aliphatic heterocycles. The highest BCUT2D eigenvalue weighted by Gasteiger charge is 2.25. The maximum absolute atomic E-state index is 12.2. The second-order valence-electron chi connectivity index (χ2n) is 5.53. The zero-order valence-electron chi connectivity index (χ0n) is 12.7. The first-order chi connectivity index (χ1) is 10.8. The van der Waals surface area contributed by atoms with Crippen LogP contribution < -0.4 is 0 Å². The number of thiazole rings is 1. The van der Waals surface area contributed by atoms with E-state index in [1.54, 1.807) is 17.4 Å². The van der Waals surface area contributed by atoms with Crippen molar-refractivity contribution in [2.45, 2.75) is 25.7 Å². The summed E-state index contributed by atoms with van der Waals surface area (Å²) in [6.45, 7) is 3.57. The lowest BCUT2D eigenvalue weighted by molar-refractivity contribution is -0.127. The number of para-hydroxylation sites is 1. The summed E-state index contributed by atoms with van der Waals surface area (Å²) in [6.07, 6.45) is 9.42. The molecule has 0 unspecified atom stereocenters. The zero-order chi connectivity index (χ0) is 15.4. The number of carbonyl (C=O) groups is 1. The van der Waals surface area contributed by atoms with E-state index in [1.165, 1.54) is 4.70 Å². The van der Waals surface area contributed by atoms with Gasteiger partial charge in [0.1, 0.15) is 0 Å². The van der Waals surface area contributed by atoms with Crippen LogP contribution in [0.15, 0.2) is 48.6 Å². The highest BCUT2D eigenvalue weighted by Crippen LogP contribution is 2.32. The maximum atomic E-state index is 12.2. The number of carbonyl (C=O) groups excluding carboxylic acids is 1. The molecule has 0 spiro atoms. The molecular weight excluding hydrogens is 292 g/mol. The zero-order valence-corrected chi connectivity index (χ0v) is 13.6. The Morgan fingerprint density at radius 3 is 3.05 bits per heavy atom. The van der Waals surface area contributed by atoms with E-state index < -0.39 is 0 Å². The normalized spacial score (nSPS) is 19.5. The fraction of sp³-hybridized carbons (Fsp3) is 0.333. The molecule has 3 rings (SSSR count). The Morgan fingerprint density at radius 2 is 2.23 bits per heavy atom. The molecule has 2 heterocycles. The van der Waals surface area contributed by atoms with E-state index in [0.717, 1.165) is 36.5 Å². The lowest BCUT2D eigenvalue weighted by Crippen LogP contribution is -2.38. The van der Waals surface area contributed by atoms with E-state index in [9.17, 15) is 4.79 Å². The van der Waals surface area contributed by atoms with Crippen LogP contribution in [0.2, 0.25) is 0 Å². The molecular formula is C18H20N2OS. The van der Waals surface area contributed by atoms with Gasteiger partial charge in [0.15, 0.2) is 0 Å². The molecule has 3 nitrogen and oxygen atoms in total. The van der Waals surface area contributed by atoms with Crippen LogP contribution in [0, 0.1) is 0 Å². The highest BCUT2D eigenvalue weighted by molar-refractivity contribution is 7.18. The number of allylic oxidation sites excluding steroid dienone is 3. The number of likely N-dealkylation sites (tertiary alicyclic amines) is 1. The van der Waals surface area contributed by atoms with Crippen LogP contribution in [-0.4, -0.2) is 28.9 Å². The van der Waals surface area contributed by atoms with Crippen molar-refractivity contribution in [3.05, 3.63) is 53.6 Å². The van der Waals surface area contributed by atoms with E-state index in [-0.39, 0.29) is 5.91 Å². The topological polar surface area (TPSA) is 33.2 Å². The Labute approximate surface area is 135 Å². The summed E-state index contributed by atoms with van der Waals surface area (Å²) in [6, 6.07) is 8.24. The fourth-order valence-electron chi connectivity index (χ4n) is 2.80. The largest absolute Gasteiger partial charge is 0.338 e. The summed E-state index contributed by atoms with van der Waals surface area (Å²) in [4.78, 5) is 18.9. The average molecular weight is 312 g/mol. The third-order valence-corrected chi connectivity index (χ3v) is 5.13. The van der Waals surface area contributed by atoms with Crippen LogP contribution in [0.3, 0.4) is 0 Å². The second kappa shape index (κ2) is 6.88. The summed E-state index contributed by atoms with van der Waals surface area (Å²) in [5.74, 6) is 0.467. The van der Waals surface area contributed by atoms with Gasteiger partial charge in [0, 0.05) is 25.1 Å². The quantitative estimate of drug-likeness (QED) is 0.630. The number of amides is 1. The first kappa shape index (κ1) is 15.0. The Hall–Kier alpha value is -1.94. The summed E-state index contributed by atoms with van der Waals surface area (Å²) in [7, 11) is 0. The molecule has 1 atom stereocenters. The maximum Gasteiger partial charge on any atom is 0.246 e. The van der Waals surface area contributed by atoms with E-state index in [1.807, 2.05) is 42.2 Å². The van der Waals surface area contributed by atoms with Crippen LogP contribution in [-0.2, 0) is 4.79 Å². The monoisotopic (exact) mass is 312 g/mol. The van der Waals surface area contributed by atoms with E-state index in [4.69, 9.17) is 4.98 Å². The molecule has 1 saturated heterocycles. The Morgan fingerprint density at radius 1 is 1.36 bits per heavy atom. The highest BCUT2D eigenvalue weighted by atomic mass is 32.1. The molecule has 0 bridgehead atoms. The number of benzene rings is 1. The van der Waals surface area contributed by atoms with Crippen LogP contribution in [0.5, 0.6) is 0 Å². The number of hydrogen-bond acceptors (Lipinski definition) is 3. The number of aromatic nitrogens is 1. The molecule has 1 aromatic heterocycles. The minimum atomic E-state index is 0.101. The van der Waals surface area contributed by atoms with E-state index in [2.05, 4.69) is 12.1 Å². The summed E-state index contributed by atoms with van der Waals surface area (Å²) < 4.78 is 1.23. The van der Waals surface area contributed by atoms with Crippen molar-refractivity contribution in [3.8, 4) is 0 Å². The van der Waals surface area contributed by atoms with Gasteiger partial charge in [-0.15, -0.1) is 11.3 Å². The van der Waals surface area contributed by atoms with Crippen LogP contribution in [0.1, 0.15) is 30.7 Å². The van der Waals surface area contributed by atoms with Crippen molar-refractivity contribution in [2.75, 3.05) is 13.1 Å². The lowest BCUT2D eigenvalue weighted by Gasteiger charge is -2.31. The fourth-order valence-corrected chi connectivity index (χ4v) is 3.89. The summed E-state index contributed by atoms with van der Waals surface area (Å²) >= 11 is 1.76. The number of rotatable bonds is 3. The third-order valence-electron chi connectivity index (χ3n) is 3.94. The molecule has 1 aliphatic rings. The molecule has 4 heteroatoms. The second-order valence-corrected chi connectivity index (χ2v) is 6.59. The van der Waals surface area contributed by atoms with Gasteiger partial charge in [-0.25, -0.2) is 4.98 Å². The molecule has 114 valence electrons. The molecule has 0 radical (unpaired) electrons. The Kier molecular flexibility index (Phi) is 4.68. The van der Waals surface area contributed by atoms with Crippen LogP contribution in [0.25, 0.3) is 10.2 Å². The van der Waals surface area contributed by atoms with Crippen molar-refractivity contribution in [3.63, 3.8) is 0 Å². The average Bonchev–Trinajstić information content (AvgIpc) is 2.99. The van der Waals surface area contributed by atoms with Crippen molar-refractivity contribution >= 4 is 27.5 Å². The standard InChI is InChI=1S/C18H20N2OS/c1-2-3-4-11-17(21)20-12-7-8-14(13-20)18-19-15-9-5-6-10-16(15)22-18/h2-6,9-11,14H,7-8,12-13H2,1H3/b3-2+,11-4-/t14-/m1/s1. The molecule has 2 aromatic rings. The lowest BCUT2D eigenvalue weighted by atomic mass is 9.98. The van der Waals surface area contributed by atoms with E-state index in [0.29, 0.717) is 5.92 Å². The molecule has 22 heavy (non-hydrogen) atoms. The van der Waals surface area contributed by atoms with Crippen molar-refractivity contribution in [1.29, 1.82) is 0 Å². The van der Waals surface area contributed by atoms with E-state index >= 15 is 0 Å².